The fourth-order valence-electron chi connectivity index (χ4n) is 3.73. The molecule has 0 atom stereocenters. The molecule has 0 aliphatic heterocycles. The monoisotopic (exact) mass is 452 g/mol. The molecule has 0 N–H and O–H groups in total. The molecule has 30 heavy (non-hydrogen) atoms. The van der Waals surface area contributed by atoms with Crippen molar-refractivity contribution in [2.75, 3.05) is 0 Å². The number of benzene rings is 2. The van der Waals surface area contributed by atoms with Crippen LogP contribution < -0.4 is 5.56 Å². The van der Waals surface area contributed by atoms with E-state index >= 15 is 0 Å². The van der Waals surface area contributed by atoms with Gasteiger partial charge in [0.1, 0.15) is 13.7 Å². The Morgan fingerprint density at radius 3 is 2.27 bits per heavy atom. The smallest absolute Gasteiger partial charge is 0.259 e. The summed E-state index contributed by atoms with van der Waals surface area (Å²) >= 11 is 12.5. The lowest BCUT2D eigenvalue weighted by Gasteiger charge is -2.09. The number of nitrogens with zero attached hydrogens (tertiary/aromatic N) is 2. The van der Waals surface area contributed by atoms with E-state index in [1.807, 2.05) is 19.2 Å². The van der Waals surface area contributed by atoms with Crippen molar-refractivity contribution < 1.29 is 0 Å². The van der Waals surface area contributed by atoms with Gasteiger partial charge in [0.2, 0.25) is 0 Å². The Hall–Kier alpha value is -2.45. The molecule has 2 aromatic carbocycles. The van der Waals surface area contributed by atoms with Crippen LogP contribution in [0.1, 0.15) is 5.56 Å². The Morgan fingerprint density at radius 2 is 1.60 bits per heavy atom. The van der Waals surface area contributed by atoms with Gasteiger partial charge in [-0.3, -0.25) is 9.36 Å². The highest BCUT2D eigenvalue weighted by Gasteiger charge is 2.17. The maximum absolute atomic E-state index is 13.2. The van der Waals surface area contributed by atoms with E-state index in [1.165, 1.54) is 0 Å². The molecule has 0 unspecified atom stereocenters. The van der Waals surface area contributed by atoms with Crippen molar-refractivity contribution in [2.24, 2.45) is 14.1 Å². The fourth-order valence-corrected chi connectivity index (χ4v) is 4.76. The zero-order chi connectivity index (χ0) is 21.8. The molecule has 0 spiro atoms. The molecule has 2 heterocycles. The summed E-state index contributed by atoms with van der Waals surface area (Å²) in [5.74, 6) is 3.34. The third kappa shape index (κ3) is 3.58. The highest BCUT2D eigenvalue weighted by molar-refractivity contribution is 6.83. The van der Waals surface area contributed by atoms with Crippen LogP contribution in [-0.2, 0) is 14.1 Å². The average molecular weight is 453 g/mol. The molecule has 3 nitrogen and oxygen atoms in total. The second-order valence-electron chi connectivity index (χ2n) is 8.57. The SMILES string of the molecule is Cn1c(=O)c(-c2ccc(Cl)cc2Cl)cc2c3cc(C#C[Si](C)(C)C)ccc3n(C)c21. The van der Waals surface area contributed by atoms with Crippen LogP contribution in [0.3, 0.4) is 0 Å². The second kappa shape index (κ2) is 7.35. The van der Waals surface area contributed by atoms with Gasteiger partial charge < -0.3 is 4.57 Å². The maximum atomic E-state index is 13.2. The standard InChI is InChI=1S/C24H22Cl2N2OSi/c1-27-22-9-6-15(10-11-30(3,4)5)12-18(22)19-14-20(24(29)28(2)23(19)27)17-8-7-16(25)13-21(17)26/h6-9,12-14H,1-5H3. The minimum atomic E-state index is -1.47. The van der Waals surface area contributed by atoms with E-state index in [4.69, 9.17) is 23.2 Å². The normalized spacial score (nSPS) is 11.7. The minimum Gasteiger partial charge on any atom is -0.330 e. The zero-order valence-electron chi connectivity index (χ0n) is 17.6. The van der Waals surface area contributed by atoms with Gasteiger partial charge in [-0.1, -0.05) is 54.8 Å². The first-order chi connectivity index (χ1) is 14.1. The Morgan fingerprint density at radius 1 is 0.867 bits per heavy atom. The maximum Gasteiger partial charge on any atom is 0.259 e. The van der Waals surface area contributed by atoms with Gasteiger partial charge in [-0.15, -0.1) is 5.54 Å². The van der Waals surface area contributed by atoms with Gasteiger partial charge in [0.15, 0.2) is 0 Å². The van der Waals surface area contributed by atoms with Crippen LogP contribution in [0.25, 0.3) is 33.1 Å². The predicted molar refractivity (Wildman–Crippen MR) is 131 cm³/mol. The van der Waals surface area contributed by atoms with Crippen molar-refractivity contribution in [3.63, 3.8) is 0 Å². The number of halogens is 2. The first-order valence-corrected chi connectivity index (χ1v) is 13.9. The number of rotatable bonds is 1. The van der Waals surface area contributed by atoms with E-state index in [9.17, 15) is 4.79 Å². The number of fused-ring (bicyclic) bond motifs is 3. The zero-order valence-corrected chi connectivity index (χ0v) is 20.1. The molecule has 0 saturated carbocycles. The molecule has 2 aromatic heterocycles. The Labute approximate surface area is 186 Å². The summed E-state index contributed by atoms with van der Waals surface area (Å²) in [6.07, 6.45) is 0. The van der Waals surface area contributed by atoms with Crippen molar-refractivity contribution in [1.29, 1.82) is 0 Å². The average Bonchev–Trinajstić information content (AvgIpc) is 2.95. The van der Waals surface area contributed by atoms with E-state index < -0.39 is 8.07 Å². The van der Waals surface area contributed by atoms with Crippen LogP contribution in [0.4, 0.5) is 0 Å². The number of hydrogen-bond acceptors (Lipinski definition) is 1. The summed E-state index contributed by atoms with van der Waals surface area (Å²) in [5, 5.41) is 3.06. The molecule has 6 heteroatoms. The van der Waals surface area contributed by atoms with Gasteiger partial charge >= 0.3 is 0 Å². The highest BCUT2D eigenvalue weighted by Crippen LogP contribution is 2.33. The Bertz CT molecular complexity index is 1450. The van der Waals surface area contributed by atoms with Gasteiger partial charge in [-0.05, 0) is 36.4 Å². The summed E-state index contributed by atoms with van der Waals surface area (Å²) in [7, 11) is 2.30. The number of pyridine rings is 1. The molecule has 0 aliphatic rings. The lowest BCUT2D eigenvalue weighted by Crippen LogP contribution is -2.20. The van der Waals surface area contributed by atoms with Crippen LogP contribution >= 0.6 is 23.2 Å². The molecule has 0 bridgehead atoms. The van der Waals surface area contributed by atoms with Crippen molar-refractivity contribution in [2.45, 2.75) is 19.6 Å². The lowest BCUT2D eigenvalue weighted by molar-refractivity contribution is 0.846. The predicted octanol–water partition coefficient (Wildman–Crippen LogP) is 6.23. The molecule has 0 saturated heterocycles. The van der Waals surface area contributed by atoms with Gasteiger partial charge in [0.05, 0.1) is 10.5 Å². The summed E-state index contributed by atoms with van der Waals surface area (Å²) in [4.78, 5) is 13.2. The molecule has 152 valence electrons. The van der Waals surface area contributed by atoms with Crippen LogP contribution in [-0.4, -0.2) is 17.2 Å². The third-order valence-electron chi connectivity index (χ3n) is 5.15. The van der Waals surface area contributed by atoms with Crippen molar-refractivity contribution in [3.8, 4) is 22.6 Å². The number of aryl methyl sites for hydroxylation is 2. The summed E-state index contributed by atoms with van der Waals surface area (Å²) in [5.41, 5.74) is 7.45. The number of hydrogen-bond donors (Lipinski definition) is 0. The van der Waals surface area contributed by atoms with Gasteiger partial charge in [-0.25, -0.2) is 0 Å². The molecule has 0 radical (unpaired) electrons. The first-order valence-electron chi connectivity index (χ1n) is 9.67. The quantitative estimate of drug-likeness (QED) is 0.248. The molecule has 0 fully saturated rings. The lowest BCUT2D eigenvalue weighted by atomic mass is 10.0. The summed E-state index contributed by atoms with van der Waals surface area (Å²) < 4.78 is 3.73. The van der Waals surface area contributed by atoms with Crippen molar-refractivity contribution in [1.82, 2.24) is 9.13 Å². The molecular weight excluding hydrogens is 431 g/mol. The largest absolute Gasteiger partial charge is 0.330 e. The molecular formula is C24H22Cl2N2OSi. The van der Waals surface area contributed by atoms with E-state index in [-0.39, 0.29) is 5.56 Å². The van der Waals surface area contributed by atoms with E-state index in [0.717, 1.165) is 27.5 Å². The Balaban J connectivity index is 2.05. The molecule has 4 aromatic rings. The van der Waals surface area contributed by atoms with E-state index in [1.54, 1.807) is 29.8 Å². The number of aromatic nitrogens is 2. The molecule has 0 aliphatic carbocycles. The minimum absolute atomic E-state index is 0.101. The van der Waals surface area contributed by atoms with Gasteiger partial charge in [-0.2, -0.15) is 0 Å². The summed E-state index contributed by atoms with van der Waals surface area (Å²) in [6.45, 7) is 6.69. The van der Waals surface area contributed by atoms with E-state index in [2.05, 4.69) is 47.8 Å². The van der Waals surface area contributed by atoms with Crippen LogP contribution in [0.2, 0.25) is 29.7 Å². The molecule has 4 rings (SSSR count). The van der Waals surface area contributed by atoms with Crippen LogP contribution in [0, 0.1) is 11.5 Å². The summed E-state index contributed by atoms with van der Waals surface area (Å²) in [6, 6.07) is 13.4. The topological polar surface area (TPSA) is 26.9 Å². The fraction of sp³-hybridized carbons (Fsp3) is 0.208. The van der Waals surface area contributed by atoms with Crippen LogP contribution in [0.5, 0.6) is 0 Å². The van der Waals surface area contributed by atoms with Gasteiger partial charge in [0, 0.05) is 46.6 Å². The molecule has 0 amide bonds. The van der Waals surface area contributed by atoms with E-state index in [0.29, 0.717) is 21.2 Å². The third-order valence-corrected chi connectivity index (χ3v) is 6.57. The van der Waals surface area contributed by atoms with Crippen molar-refractivity contribution in [3.05, 3.63) is 68.4 Å². The second-order valence-corrected chi connectivity index (χ2v) is 14.2. The van der Waals surface area contributed by atoms with Crippen molar-refractivity contribution >= 4 is 53.2 Å². The highest BCUT2D eigenvalue weighted by atomic mass is 35.5. The Kier molecular flexibility index (Phi) is 5.10. The van der Waals surface area contributed by atoms with Crippen LogP contribution in [0.15, 0.2) is 47.3 Å². The first kappa shape index (κ1) is 20.8. The van der Waals surface area contributed by atoms with Gasteiger partial charge in [0.25, 0.3) is 5.56 Å².